The molecule has 0 N–H and O–H groups in total. The van der Waals surface area contributed by atoms with Crippen LogP contribution >= 0.6 is 11.6 Å². The molecule has 1 aliphatic heterocycles. The summed E-state index contributed by atoms with van der Waals surface area (Å²) in [6.45, 7) is 0. The third kappa shape index (κ3) is 1.61. The summed E-state index contributed by atoms with van der Waals surface area (Å²) >= 11 is 6.04. The summed E-state index contributed by atoms with van der Waals surface area (Å²) < 4.78 is 0. The molecule has 3 heteroatoms. The number of rotatable bonds is 1. The normalized spacial score (nSPS) is 18.0. The van der Waals surface area contributed by atoms with Crippen LogP contribution in [0, 0.1) is 0 Å². The molecule has 0 aliphatic carbocycles. The summed E-state index contributed by atoms with van der Waals surface area (Å²) in [4.78, 5) is 14.1. The van der Waals surface area contributed by atoms with Crippen molar-refractivity contribution in [1.29, 1.82) is 0 Å². The number of amides is 1. The maximum Gasteiger partial charge on any atom is 0.238 e. The molecule has 0 aromatic heterocycles. The number of benzene rings is 2. The second-order valence-corrected chi connectivity index (χ2v) is 4.88. The molecule has 0 unspecified atom stereocenters. The van der Waals surface area contributed by atoms with Gasteiger partial charge in [-0.05, 0) is 29.3 Å². The lowest BCUT2D eigenvalue weighted by molar-refractivity contribution is -0.118. The number of carbonyl (C=O) groups excluding carboxylic acids is 1. The second kappa shape index (κ2) is 4.14. The largest absolute Gasteiger partial charge is 0.314 e. The van der Waals surface area contributed by atoms with E-state index in [9.17, 15) is 4.79 Å². The van der Waals surface area contributed by atoms with Gasteiger partial charge in [-0.15, -0.1) is 0 Å². The zero-order valence-electron chi connectivity index (χ0n) is 9.93. The minimum absolute atomic E-state index is 0.0958. The molecule has 0 bridgehead atoms. The van der Waals surface area contributed by atoms with Gasteiger partial charge in [0, 0.05) is 17.8 Å². The first-order chi connectivity index (χ1) is 8.68. The van der Waals surface area contributed by atoms with E-state index >= 15 is 0 Å². The van der Waals surface area contributed by atoms with Gasteiger partial charge in [-0.3, -0.25) is 4.79 Å². The average Bonchev–Trinajstić information content (AvgIpc) is 2.63. The third-order valence-electron chi connectivity index (χ3n) is 3.37. The van der Waals surface area contributed by atoms with Gasteiger partial charge in [-0.25, -0.2) is 0 Å². The molecule has 1 atom stereocenters. The van der Waals surface area contributed by atoms with Gasteiger partial charge in [-0.2, -0.15) is 0 Å². The monoisotopic (exact) mass is 257 g/mol. The zero-order valence-corrected chi connectivity index (χ0v) is 10.7. The lowest BCUT2D eigenvalue weighted by Gasteiger charge is -2.11. The Kier molecular flexibility index (Phi) is 2.60. The Morgan fingerprint density at radius 3 is 2.56 bits per heavy atom. The highest BCUT2D eigenvalue weighted by molar-refractivity contribution is 6.31. The SMILES string of the molecule is CN1C(=O)[C@H](c2ccccc2)c2cc(Cl)ccc21. The molecule has 0 saturated heterocycles. The van der Waals surface area contributed by atoms with E-state index in [0.717, 1.165) is 16.8 Å². The van der Waals surface area contributed by atoms with Crippen molar-refractivity contribution in [2.24, 2.45) is 0 Å². The van der Waals surface area contributed by atoms with Crippen LogP contribution in [-0.2, 0) is 4.79 Å². The first-order valence-electron chi connectivity index (χ1n) is 5.80. The van der Waals surface area contributed by atoms with Crippen LogP contribution < -0.4 is 4.90 Å². The fourth-order valence-electron chi connectivity index (χ4n) is 2.48. The molecule has 2 aromatic rings. The van der Waals surface area contributed by atoms with Crippen molar-refractivity contribution in [2.45, 2.75) is 5.92 Å². The van der Waals surface area contributed by atoms with Crippen LogP contribution in [0.3, 0.4) is 0 Å². The predicted octanol–water partition coefficient (Wildman–Crippen LogP) is 3.45. The Labute approximate surface area is 111 Å². The zero-order chi connectivity index (χ0) is 12.7. The molecule has 18 heavy (non-hydrogen) atoms. The summed E-state index contributed by atoms with van der Waals surface area (Å²) in [6.07, 6.45) is 0. The molecule has 0 radical (unpaired) electrons. The number of hydrogen-bond acceptors (Lipinski definition) is 1. The fraction of sp³-hybridized carbons (Fsp3) is 0.133. The lowest BCUT2D eigenvalue weighted by Crippen LogP contribution is -2.24. The van der Waals surface area contributed by atoms with Crippen LogP contribution in [0.25, 0.3) is 0 Å². The number of anilines is 1. The first kappa shape index (κ1) is 11.3. The van der Waals surface area contributed by atoms with Gasteiger partial charge < -0.3 is 4.90 Å². The summed E-state index contributed by atoms with van der Waals surface area (Å²) in [5.41, 5.74) is 2.94. The van der Waals surface area contributed by atoms with Crippen molar-refractivity contribution in [3.63, 3.8) is 0 Å². The minimum atomic E-state index is -0.232. The maximum absolute atomic E-state index is 12.4. The van der Waals surface area contributed by atoms with Crippen molar-refractivity contribution in [1.82, 2.24) is 0 Å². The molecule has 1 heterocycles. The number of nitrogens with zero attached hydrogens (tertiary/aromatic N) is 1. The molecule has 2 nitrogen and oxygen atoms in total. The fourth-order valence-corrected chi connectivity index (χ4v) is 2.66. The summed E-state index contributed by atoms with van der Waals surface area (Å²) in [7, 11) is 1.80. The van der Waals surface area contributed by atoms with Gasteiger partial charge in [0.2, 0.25) is 5.91 Å². The Balaban J connectivity index is 2.18. The van der Waals surface area contributed by atoms with Crippen molar-refractivity contribution in [3.05, 3.63) is 64.7 Å². The Morgan fingerprint density at radius 1 is 1.11 bits per heavy atom. The van der Waals surface area contributed by atoms with E-state index < -0.39 is 0 Å². The first-order valence-corrected chi connectivity index (χ1v) is 6.18. The number of halogens is 1. The van der Waals surface area contributed by atoms with Crippen LogP contribution in [0.2, 0.25) is 5.02 Å². The van der Waals surface area contributed by atoms with E-state index in [1.807, 2.05) is 48.5 Å². The van der Waals surface area contributed by atoms with Crippen LogP contribution in [0.5, 0.6) is 0 Å². The van der Waals surface area contributed by atoms with Crippen molar-refractivity contribution < 1.29 is 4.79 Å². The molecule has 1 amide bonds. The molecular weight excluding hydrogens is 246 g/mol. The topological polar surface area (TPSA) is 20.3 Å². The molecule has 1 aliphatic rings. The molecule has 0 spiro atoms. The summed E-state index contributed by atoms with van der Waals surface area (Å²) in [6, 6.07) is 15.4. The lowest BCUT2D eigenvalue weighted by atomic mass is 9.93. The van der Waals surface area contributed by atoms with Gasteiger partial charge in [-0.1, -0.05) is 41.9 Å². The van der Waals surface area contributed by atoms with E-state index in [4.69, 9.17) is 11.6 Å². The number of fused-ring (bicyclic) bond motifs is 1. The van der Waals surface area contributed by atoms with Gasteiger partial charge >= 0.3 is 0 Å². The molecule has 2 aromatic carbocycles. The quantitative estimate of drug-likeness (QED) is 0.766. The number of likely N-dealkylation sites (N-methyl/N-ethyl adjacent to an activating group) is 1. The smallest absolute Gasteiger partial charge is 0.238 e. The average molecular weight is 258 g/mol. The minimum Gasteiger partial charge on any atom is -0.314 e. The highest BCUT2D eigenvalue weighted by Gasteiger charge is 2.36. The second-order valence-electron chi connectivity index (χ2n) is 4.44. The number of hydrogen-bond donors (Lipinski definition) is 0. The highest BCUT2D eigenvalue weighted by atomic mass is 35.5. The van der Waals surface area contributed by atoms with Crippen molar-refractivity contribution in [2.75, 3.05) is 11.9 Å². The maximum atomic E-state index is 12.4. The van der Waals surface area contributed by atoms with Gasteiger partial charge in [0.25, 0.3) is 0 Å². The standard InChI is InChI=1S/C15H12ClNO/c1-17-13-8-7-11(16)9-12(13)14(15(17)18)10-5-3-2-4-6-10/h2-9,14H,1H3/t14-/m1/s1. The van der Waals surface area contributed by atoms with Crippen LogP contribution in [-0.4, -0.2) is 13.0 Å². The molecule has 0 saturated carbocycles. The molecule has 90 valence electrons. The van der Waals surface area contributed by atoms with Crippen molar-refractivity contribution in [3.8, 4) is 0 Å². The Morgan fingerprint density at radius 2 is 1.83 bits per heavy atom. The highest BCUT2D eigenvalue weighted by Crippen LogP contribution is 2.41. The number of carbonyl (C=O) groups is 1. The molecular formula is C15H12ClNO. The van der Waals surface area contributed by atoms with E-state index in [-0.39, 0.29) is 11.8 Å². The summed E-state index contributed by atoms with van der Waals surface area (Å²) in [5.74, 6) is -0.136. The van der Waals surface area contributed by atoms with Crippen LogP contribution in [0.4, 0.5) is 5.69 Å². The van der Waals surface area contributed by atoms with Gasteiger partial charge in [0.05, 0.1) is 5.92 Å². The predicted molar refractivity (Wildman–Crippen MR) is 73.1 cm³/mol. The van der Waals surface area contributed by atoms with E-state index in [1.165, 1.54) is 0 Å². The van der Waals surface area contributed by atoms with E-state index in [2.05, 4.69) is 0 Å². The summed E-state index contributed by atoms with van der Waals surface area (Å²) in [5, 5.41) is 0.665. The van der Waals surface area contributed by atoms with Crippen LogP contribution in [0.1, 0.15) is 17.0 Å². The Hall–Kier alpha value is -1.80. The van der Waals surface area contributed by atoms with Crippen LogP contribution in [0.15, 0.2) is 48.5 Å². The van der Waals surface area contributed by atoms with Gasteiger partial charge in [0.15, 0.2) is 0 Å². The van der Waals surface area contributed by atoms with Gasteiger partial charge in [0.1, 0.15) is 0 Å². The van der Waals surface area contributed by atoms with Crippen molar-refractivity contribution >= 4 is 23.2 Å². The van der Waals surface area contributed by atoms with E-state index in [1.54, 1.807) is 11.9 Å². The molecule has 3 rings (SSSR count). The molecule has 0 fully saturated rings. The third-order valence-corrected chi connectivity index (χ3v) is 3.61. The Bertz CT molecular complexity index is 609. The van der Waals surface area contributed by atoms with E-state index in [0.29, 0.717) is 5.02 Å².